The van der Waals surface area contributed by atoms with Gasteiger partial charge >= 0.3 is 6.09 Å². The van der Waals surface area contributed by atoms with Crippen LogP contribution >= 0.6 is 0 Å². The standard InChI is InChI=1S/C36H47NO8/c1-36(2,3)45-35(39)37-19-18-31(34(24-37)44-23-22-43-33-13-8-5-10-28(33)25-38)27-14-16-30(17-15-27)42-21-9-20-41-26-29-11-6-7-12-32(29)40-4/h5-8,10-17,31,34,38H,9,18-26H2,1-4H3. The zero-order chi connectivity index (χ0) is 32.1. The normalized spacial score (nSPS) is 16.7. The quantitative estimate of drug-likeness (QED) is 0.196. The number of amides is 1. The van der Waals surface area contributed by atoms with Crippen molar-refractivity contribution >= 4 is 6.09 Å². The van der Waals surface area contributed by atoms with Gasteiger partial charge in [-0.25, -0.2) is 4.79 Å². The molecule has 1 aliphatic rings. The maximum Gasteiger partial charge on any atom is 0.410 e. The second-order valence-corrected chi connectivity index (χ2v) is 12.0. The second kappa shape index (κ2) is 17.1. The van der Waals surface area contributed by atoms with Crippen molar-refractivity contribution in [3.05, 3.63) is 89.5 Å². The highest BCUT2D eigenvalue weighted by Gasteiger charge is 2.35. The number of aliphatic hydroxyl groups excluding tert-OH is 1. The van der Waals surface area contributed by atoms with Crippen LogP contribution in [0.3, 0.4) is 0 Å². The zero-order valence-corrected chi connectivity index (χ0v) is 26.9. The highest BCUT2D eigenvalue weighted by atomic mass is 16.6. The van der Waals surface area contributed by atoms with E-state index in [0.717, 1.165) is 41.0 Å². The maximum atomic E-state index is 12.9. The van der Waals surface area contributed by atoms with E-state index in [1.54, 1.807) is 12.0 Å². The molecular weight excluding hydrogens is 574 g/mol. The summed E-state index contributed by atoms with van der Waals surface area (Å²) >= 11 is 0. The van der Waals surface area contributed by atoms with Gasteiger partial charge in [0.1, 0.15) is 29.5 Å². The summed E-state index contributed by atoms with van der Waals surface area (Å²) in [6.45, 7) is 8.79. The van der Waals surface area contributed by atoms with Gasteiger partial charge in [-0.1, -0.05) is 48.5 Å². The monoisotopic (exact) mass is 621 g/mol. The van der Waals surface area contributed by atoms with E-state index in [9.17, 15) is 9.90 Å². The minimum atomic E-state index is -0.574. The number of methoxy groups -OCH3 is 1. The SMILES string of the molecule is COc1ccccc1COCCCOc1ccc(C2CCN(C(=O)OC(C)(C)C)CC2OCCOc2ccccc2CO)cc1. The molecule has 0 spiro atoms. The Kier molecular flexibility index (Phi) is 12.9. The predicted molar refractivity (Wildman–Crippen MR) is 172 cm³/mol. The van der Waals surface area contributed by atoms with Crippen molar-refractivity contribution in [1.82, 2.24) is 4.90 Å². The van der Waals surface area contributed by atoms with Crippen LogP contribution < -0.4 is 14.2 Å². The Hall–Kier alpha value is -3.79. The lowest BCUT2D eigenvalue weighted by atomic mass is 9.87. The van der Waals surface area contributed by atoms with Crippen molar-refractivity contribution in [2.75, 3.05) is 46.6 Å². The van der Waals surface area contributed by atoms with E-state index in [2.05, 4.69) is 12.1 Å². The number of carbonyl (C=O) groups is 1. The number of hydrogen-bond donors (Lipinski definition) is 1. The van der Waals surface area contributed by atoms with E-state index in [1.807, 2.05) is 81.4 Å². The highest BCUT2D eigenvalue weighted by molar-refractivity contribution is 5.68. The molecule has 4 rings (SSSR count). The summed E-state index contributed by atoms with van der Waals surface area (Å²) in [6.07, 6.45) is 0.927. The fourth-order valence-electron chi connectivity index (χ4n) is 5.25. The van der Waals surface area contributed by atoms with Crippen LogP contribution in [0.1, 0.15) is 56.2 Å². The summed E-state index contributed by atoms with van der Waals surface area (Å²) in [7, 11) is 1.66. The molecule has 2 atom stereocenters. The Morgan fingerprint density at radius 3 is 2.29 bits per heavy atom. The average Bonchev–Trinajstić information content (AvgIpc) is 3.04. The largest absolute Gasteiger partial charge is 0.496 e. The number of benzene rings is 3. The maximum absolute atomic E-state index is 12.9. The van der Waals surface area contributed by atoms with Crippen LogP contribution in [-0.4, -0.2) is 74.4 Å². The second-order valence-electron chi connectivity index (χ2n) is 12.0. The van der Waals surface area contributed by atoms with Crippen molar-refractivity contribution in [1.29, 1.82) is 0 Å². The number of hydrogen-bond acceptors (Lipinski definition) is 8. The van der Waals surface area contributed by atoms with Gasteiger partial charge in [0.2, 0.25) is 0 Å². The number of likely N-dealkylation sites (tertiary alicyclic amines) is 1. The van der Waals surface area contributed by atoms with Crippen molar-refractivity contribution in [2.24, 2.45) is 0 Å². The summed E-state index contributed by atoms with van der Waals surface area (Å²) in [5.74, 6) is 2.35. The molecule has 3 aromatic rings. The van der Waals surface area contributed by atoms with Crippen molar-refractivity contribution in [3.63, 3.8) is 0 Å². The molecule has 1 aliphatic heterocycles. The summed E-state index contributed by atoms with van der Waals surface area (Å²) < 4.78 is 35.0. The van der Waals surface area contributed by atoms with Gasteiger partial charge in [-0.05, 0) is 57.0 Å². The first-order valence-corrected chi connectivity index (χ1v) is 15.6. The minimum Gasteiger partial charge on any atom is -0.496 e. The molecule has 1 heterocycles. The summed E-state index contributed by atoms with van der Waals surface area (Å²) in [5.41, 5.74) is 2.31. The molecule has 1 saturated heterocycles. The molecule has 3 aromatic carbocycles. The van der Waals surface area contributed by atoms with Gasteiger partial charge in [0.05, 0.1) is 52.8 Å². The number of aliphatic hydroxyl groups is 1. The lowest BCUT2D eigenvalue weighted by Crippen LogP contribution is -2.48. The molecule has 0 bridgehead atoms. The molecule has 1 amide bonds. The fraction of sp³-hybridized carbons (Fsp3) is 0.472. The van der Waals surface area contributed by atoms with Crippen LogP contribution in [0.5, 0.6) is 17.2 Å². The molecule has 0 aromatic heterocycles. The smallest absolute Gasteiger partial charge is 0.410 e. The first kappa shape index (κ1) is 34.1. The molecule has 2 unspecified atom stereocenters. The first-order chi connectivity index (χ1) is 21.8. The molecule has 0 aliphatic carbocycles. The van der Waals surface area contributed by atoms with E-state index in [1.165, 1.54) is 0 Å². The van der Waals surface area contributed by atoms with Gasteiger partial charge in [0.25, 0.3) is 0 Å². The lowest BCUT2D eigenvalue weighted by Gasteiger charge is -2.39. The number of para-hydroxylation sites is 2. The topological polar surface area (TPSA) is 95.9 Å². The molecule has 0 radical (unpaired) electrons. The van der Waals surface area contributed by atoms with Crippen LogP contribution in [-0.2, 0) is 27.4 Å². The fourth-order valence-corrected chi connectivity index (χ4v) is 5.25. The van der Waals surface area contributed by atoms with Gasteiger partial charge in [0, 0.05) is 30.0 Å². The molecule has 244 valence electrons. The van der Waals surface area contributed by atoms with E-state index < -0.39 is 5.60 Å². The van der Waals surface area contributed by atoms with Gasteiger partial charge in [-0.3, -0.25) is 0 Å². The first-order valence-electron chi connectivity index (χ1n) is 15.6. The zero-order valence-electron chi connectivity index (χ0n) is 26.9. The highest BCUT2D eigenvalue weighted by Crippen LogP contribution is 2.32. The summed E-state index contributed by atoms with van der Waals surface area (Å²) in [6, 6.07) is 23.4. The Balaban J connectivity index is 1.29. The molecule has 9 heteroatoms. The minimum absolute atomic E-state index is 0.0887. The van der Waals surface area contributed by atoms with Crippen LogP contribution in [0.15, 0.2) is 72.8 Å². The Bertz CT molecular complexity index is 1320. The Morgan fingerprint density at radius 2 is 1.58 bits per heavy atom. The summed E-state index contributed by atoms with van der Waals surface area (Å²) in [4.78, 5) is 14.6. The van der Waals surface area contributed by atoms with Crippen LogP contribution in [0.25, 0.3) is 0 Å². The van der Waals surface area contributed by atoms with Crippen molar-refractivity contribution < 1.29 is 38.3 Å². The van der Waals surface area contributed by atoms with Gasteiger partial charge in [0.15, 0.2) is 0 Å². The van der Waals surface area contributed by atoms with Gasteiger partial charge < -0.3 is 38.4 Å². The number of rotatable bonds is 15. The van der Waals surface area contributed by atoms with Crippen LogP contribution in [0.4, 0.5) is 4.79 Å². The Morgan fingerprint density at radius 1 is 0.867 bits per heavy atom. The number of ether oxygens (including phenoxy) is 6. The third-order valence-electron chi connectivity index (χ3n) is 7.49. The Labute approximate surface area is 267 Å². The summed E-state index contributed by atoms with van der Waals surface area (Å²) in [5, 5.41) is 9.58. The van der Waals surface area contributed by atoms with E-state index in [-0.39, 0.29) is 24.7 Å². The van der Waals surface area contributed by atoms with Gasteiger partial charge in [-0.15, -0.1) is 0 Å². The molecule has 9 nitrogen and oxygen atoms in total. The predicted octanol–water partition coefficient (Wildman–Crippen LogP) is 6.36. The molecule has 45 heavy (non-hydrogen) atoms. The third kappa shape index (κ3) is 10.7. The third-order valence-corrected chi connectivity index (χ3v) is 7.49. The number of carbonyl (C=O) groups excluding carboxylic acids is 1. The van der Waals surface area contributed by atoms with E-state index >= 15 is 0 Å². The molecule has 1 fully saturated rings. The molecular formula is C36H47NO8. The van der Waals surface area contributed by atoms with Crippen LogP contribution in [0.2, 0.25) is 0 Å². The van der Waals surface area contributed by atoms with Crippen molar-refractivity contribution in [2.45, 2.75) is 64.4 Å². The molecule has 0 saturated carbocycles. The van der Waals surface area contributed by atoms with Gasteiger partial charge in [-0.2, -0.15) is 0 Å². The number of nitrogens with zero attached hydrogens (tertiary/aromatic N) is 1. The van der Waals surface area contributed by atoms with E-state index in [4.69, 9.17) is 28.4 Å². The molecule has 1 N–H and O–H groups in total. The lowest BCUT2D eigenvalue weighted by molar-refractivity contribution is -0.0359. The van der Waals surface area contributed by atoms with E-state index in [0.29, 0.717) is 51.9 Å². The van der Waals surface area contributed by atoms with Crippen LogP contribution in [0, 0.1) is 0 Å². The average molecular weight is 622 g/mol. The number of piperidine rings is 1. The van der Waals surface area contributed by atoms with Crippen molar-refractivity contribution in [3.8, 4) is 17.2 Å².